The van der Waals surface area contributed by atoms with Crippen LogP contribution in [0.25, 0.3) is 0 Å². The molecule has 0 saturated heterocycles. The third-order valence-electron chi connectivity index (χ3n) is 2.85. The second-order valence-corrected chi connectivity index (χ2v) is 5.52. The number of ether oxygens (including phenoxy) is 2. The first-order chi connectivity index (χ1) is 9.63. The Hall–Kier alpha value is -0.610. The van der Waals surface area contributed by atoms with Crippen molar-refractivity contribution < 1.29 is 9.47 Å². The number of hydrogen-bond acceptors (Lipinski definition) is 3. The van der Waals surface area contributed by atoms with Crippen molar-refractivity contribution in [2.24, 2.45) is 0 Å². The Balaban J connectivity index is 2.49. The molecule has 0 aromatic heterocycles. The molecule has 4 heteroatoms. The average molecular weight is 300 g/mol. The molecule has 0 heterocycles. The topological polar surface area (TPSA) is 30.5 Å². The molecular formula is C16H26ClNO2. The summed E-state index contributed by atoms with van der Waals surface area (Å²) in [5.74, 6) is 0. The fourth-order valence-electron chi connectivity index (χ4n) is 1.79. The summed E-state index contributed by atoms with van der Waals surface area (Å²) in [4.78, 5) is 0. The van der Waals surface area contributed by atoms with E-state index < -0.39 is 0 Å². The molecule has 3 nitrogen and oxygen atoms in total. The summed E-state index contributed by atoms with van der Waals surface area (Å²) >= 11 is 5.93. The first-order valence-electron chi connectivity index (χ1n) is 7.31. The summed E-state index contributed by atoms with van der Waals surface area (Å²) in [6, 6.07) is 8.26. The molecule has 0 aliphatic heterocycles. The quantitative estimate of drug-likeness (QED) is 0.666. The number of halogens is 1. The molecule has 1 unspecified atom stereocenters. The minimum atomic E-state index is 0.0277. The van der Waals surface area contributed by atoms with Gasteiger partial charge in [-0.2, -0.15) is 0 Å². The van der Waals surface area contributed by atoms with Crippen molar-refractivity contribution in [3.8, 4) is 0 Å². The normalized spacial score (nSPS) is 12.8. The molecule has 20 heavy (non-hydrogen) atoms. The molecule has 1 aromatic carbocycles. The van der Waals surface area contributed by atoms with E-state index in [0.29, 0.717) is 19.3 Å². The van der Waals surface area contributed by atoms with Crippen LogP contribution < -0.4 is 5.32 Å². The van der Waals surface area contributed by atoms with Crippen molar-refractivity contribution in [3.05, 3.63) is 34.9 Å². The van der Waals surface area contributed by atoms with Gasteiger partial charge in [0.05, 0.1) is 19.3 Å². The fraction of sp³-hybridized carbons (Fsp3) is 0.625. The van der Waals surface area contributed by atoms with Crippen LogP contribution >= 0.6 is 11.6 Å². The van der Waals surface area contributed by atoms with E-state index >= 15 is 0 Å². The molecule has 0 fully saturated rings. The van der Waals surface area contributed by atoms with Gasteiger partial charge in [0.25, 0.3) is 0 Å². The molecule has 0 aliphatic rings. The number of benzene rings is 1. The summed E-state index contributed by atoms with van der Waals surface area (Å²) in [7, 11) is 0. The lowest BCUT2D eigenvalue weighted by Gasteiger charge is -2.20. The molecule has 0 saturated carbocycles. The van der Waals surface area contributed by atoms with Gasteiger partial charge in [0.1, 0.15) is 0 Å². The van der Waals surface area contributed by atoms with Crippen LogP contribution in [0, 0.1) is 0 Å². The SMILES string of the molecule is CCCOCCOC(CNC(C)C)c1ccc(Cl)cc1. The average Bonchev–Trinajstić information content (AvgIpc) is 2.43. The Morgan fingerprint density at radius 2 is 1.80 bits per heavy atom. The van der Waals surface area contributed by atoms with Gasteiger partial charge in [0.2, 0.25) is 0 Å². The number of nitrogens with one attached hydrogen (secondary N) is 1. The smallest absolute Gasteiger partial charge is 0.0950 e. The predicted octanol–water partition coefficient (Wildman–Crippen LogP) is 3.82. The lowest BCUT2D eigenvalue weighted by Crippen LogP contribution is -2.29. The molecule has 0 bridgehead atoms. The first kappa shape index (κ1) is 17.4. The van der Waals surface area contributed by atoms with Crippen LogP contribution in [0.3, 0.4) is 0 Å². The van der Waals surface area contributed by atoms with E-state index in [4.69, 9.17) is 21.1 Å². The molecule has 1 rings (SSSR count). The molecule has 114 valence electrons. The van der Waals surface area contributed by atoms with Crippen LogP contribution in [-0.2, 0) is 9.47 Å². The maximum absolute atomic E-state index is 5.93. The Morgan fingerprint density at radius 3 is 2.40 bits per heavy atom. The predicted molar refractivity (Wildman–Crippen MR) is 84.4 cm³/mol. The largest absolute Gasteiger partial charge is 0.379 e. The molecule has 0 amide bonds. The Bertz CT molecular complexity index is 354. The lowest BCUT2D eigenvalue weighted by molar-refractivity contribution is 0.00359. The Kier molecular flexibility index (Phi) is 8.86. The molecule has 1 N–H and O–H groups in total. The van der Waals surface area contributed by atoms with Crippen molar-refractivity contribution in [2.45, 2.75) is 39.3 Å². The van der Waals surface area contributed by atoms with Crippen LogP contribution in [0.5, 0.6) is 0 Å². The van der Waals surface area contributed by atoms with Crippen molar-refractivity contribution in [2.75, 3.05) is 26.4 Å². The Morgan fingerprint density at radius 1 is 1.10 bits per heavy atom. The van der Waals surface area contributed by atoms with Gasteiger partial charge in [-0.25, -0.2) is 0 Å². The summed E-state index contributed by atoms with van der Waals surface area (Å²) in [5.41, 5.74) is 1.14. The highest BCUT2D eigenvalue weighted by Crippen LogP contribution is 2.19. The first-order valence-corrected chi connectivity index (χ1v) is 7.69. The van der Waals surface area contributed by atoms with Gasteiger partial charge in [0.15, 0.2) is 0 Å². The van der Waals surface area contributed by atoms with E-state index in [1.54, 1.807) is 0 Å². The van der Waals surface area contributed by atoms with Crippen LogP contribution in [0.4, 0.5) is 0 Å². The van der Waals surface area contributed by atoms with E-state index in [9.17, 15) is 0 Å². The monoisotopic (exact) mass is 299 g/mol. The maximum Gasteiger partial charge on any atom is 0.0950 e. The van der Waals surface area contributed by atoms with Crippen molar-refractivity contribution >= 4 is 11.6 Å². The van der Waals surface area contributed by atoms with Crippen molar-refractivity contribution in [3.63, 3.8) is 0 Å². The van der Waals surface area contributed by atoms with Crippen molar-refractivity contribution in [1.29, 1.82) is 0 Å². The zero-order valence-corrected chi connectivity index (χ0v) is 13.5. The van der Waals surface area contributed by atoms with Crippen LogP contribution in [0.15, 0.2) is 24.3 Å². The maximum atomic E-state index is 5.93. The highest BCUT2D eigenvalue weighted by molar-refractivity contribution is 6.30. The molecular weight excluding hydrogens is 274 g/mol. The lowest BCUT2D eigenvalue weighted by atomic mass is 10.1. The molecule has 0 aliphatic carbocycles. The van der Waals surface area contributed by atoms with E-state index in [1.807, 2.05) is 24.3 Å². The Labute approximate surface area is 127 Å². The van der Waals surface area contributed by atoms with Crippen LogP contribution in [0.2, 0.25) is 5.02 Å². The van der Waals surface area contributed by atoms with Crippen molar-refractivity contribution in [1.82, 2.24) is 5.32 Å². The van der Waals surface area contributed by atoms with E-state index in [2.05, 4.69) is 26.1 Å². The van der Waals surface area contributed by atoms with Gasteiger partial charge in [-0.3, -0.25) is 0 Å². The summed E-state index contributed by atoms with van der Waals surface area (Å²) in [6.07, 6.45) is 1.06. The third kappa shape index (κ3) is 7.25. The molecule has 1 aromatic rings. The highest BCUT2D eigenvalue weighted by Gasteiger charge is 2.12. The molecule has 0 radical (unpaired) electrons. The highest BCUT2D eigenvalue weighted by atomic mass is 35.5. The van der Waals surface area contributed by atoms with Gasteiger partial charge in [0, 0.05) is 24.2 Å². The van der Waals surface area contributed by atoms with Crippen LogP contribution in [-0.4, -0.2) is 32.4 Å². The number of hydrogen-bond donors (Lipinski definition) is 1. The van der Waals surface area contributed by atoms with Gasteiger partial charge in [-0.05, 0) is 24.1 Å². The van der Waals surface area contributed by atoms with Crippen LogP contribution in [0.1, 0.15) is 38.9 Å². The minimum Gasteiger partial charge on any atom is -0.379 e. The minimum absolute atomic E-state index is 0.0277. The van der Waals surface area contributed by atoms with E-state index in [1.165, 1.54) is 0 Å². The summed E-state index contributed by atoms with van der Waals surface area (Å²) < 4.78 is 11.4. The zero-order valence-electron chi connectivity index (χ0n) is 12.7. The van der Waals surface area contributed by atoms with Gasteiger partial charge >= 0.3 is 0 Å². The van der Waals surface area contributed by atoms with Gasteiger partial charge in [-0.15, -0.1) is 0 Å². The standard InChI is InChI=1S/C16H26ClNO2/c1-4-9-19-10-11-20-16(12-18-13(2)3)14-5-7-15(17)8-6-14/h5-8,13,16,18H,4,9-12H2,1-3H3. The number of rotatable bonds is 10. The van der Waals surface area contributed by atoms with Gasteiger partial charge < -0.3 is 14.8 Å². The van der Waals surface area contributed by atoms with E-state index in [0.717, 1.165) is 30.2 Å². The molecule has 1 atom stereocenters. The van der Waals surface area contributed by atoms with Gasteiger partial charge in [-0.1, -0.05) is 44.5 Å². The summed E-state index contributed by atoms with van der Waals surface area (Å²) in [5, 5.41) is 4.16. The zero-order chi connectivity index (χ0) is 14.8. The molecule has 0 spiro atoms. The van der Waals surface area contributed by atoms with E-state index in [-0.39, 0.29) is 6.10 Å². The second-order valence-electron chi connectivity index (χ2n) is 5.09. The fourth-order valence-corrected chi connectivity index (χ4v) is 1.91. The third-order valence-corrected chi connectivity index (χ3v) is 3.10. The summed E-state index contributed by atoms with van der Waals surface area (Å²) in [6.45, 7) is 9.18. The second kappa shape index (κ2) is 10.2.